The summed E-state index contributed by atoms with van der Waals surface area (Å²) in [5.74, 6) is 2.89. The van der Waals surface area contributed by atoms with Crippen molar-refractivity contribution in [3.05, 3.63) is 81.5 Å². The average molecular weight is 496 g/mol. The summed E-state index contributed by atoms with van der Waals surface area (Å²) in [7, 11) is 3.31. The van der Waals surface area contributed by atoms with E-state index >= 15 is 0 Å². The van der Waals surface area contributed by atoms with Gasteiger partial charge >= 0.3 is 0 Å². The first kappa shape index (κ1) is 24.6. The molecule has 0 fully saturated rings. The molecule has 0 saturated carbocycles. The number of hydrogen-bond acceptors (Lipinski definition) is 6. The van der Waals surface area contributed by atoms with Crippen LogP contribution in [0.15, 0.2) is 47.5 Å². The van der Waals surface area contributed by atoms with E-state index in [0.717, 1.165) is 58.0 Å². The maximum atomic E-state index is 5.62. The smallest absolute Gasteiger partial charge is 0.255 e. The highest BCUT2D eigenvalue weighted by Crippen LogP contribution is 2.38. The Labute approximate surface area is 217 Å². The molecule has 1 aliphatic rings. The Morgan fingerprint density at radius 3 is 2.16 bits per heavy atom. The summed E-state index contributed by atoms with van der Waals surface area (Å²) >= 11 is 0. The summed E-state index contributed by atoms with van der Waals surface area (Å²) in [5.41, 5.74) is 10.2. The zero-order chi connectivity index (χ0) is 26.3. The van der Waals surface area contributed by atoms with Gasteiger partial charge < -0.3 is 14.8 Å². The van der Waals surface area contributed by atoms with Gasteiger partial charge in [0.15, 0.2) is 11.5 Å². The molecule has 5 rings (SSSR count). The predicted molar refractivity (Wildman–Crippen MR) is 147 cm³/mol. The number of hydrogen-bond donors (Lipinski definition) is 1. The van der Waals surface area contributed by atoms with Gasteiger partial charge in [0.05, 0.1) is 19.9 Å². The zero-order valence-corrected chi connectivity index (χ0v) is 22.6. The van der Waals surface area contributed by atoms with Gasteiger partial charge in [-0.3, -0.25) is 4.57 Å². The summed E-state index contributed by atoms with van der Waals surface area (Å²) in [4.78, 5) is 14.8. The van der Waals surface area contributed by atoms with E-state index in [4.69, 9.17) is 24.4 Å². The fourth-order valence-corrected chi connectivity index (χ4v) is 5.09. The number of nitrogens with zero attached hydrogens (tertiary/aromatic N) is 4. The Hall–Kier alpha value is -4.13. The van der Waals surface area contributed by atoms with Crippen LogP contribution in [0.5, 0.6) is 11.5 Å². The maximum absolute atomic E-state index is 5.62. The first-order valence-electron chi connectivity index (χ1n) is 12.5. The minimum atomic E-state index is 0.413. The number of methoxy groups -OCH3 is 2. The minimum Gasteiger partial charge on any atom is -0.493 e. The lowest BCUT2D eigenvalue weighted by molar-refractivity contribution is 0.354. The molecule has 0 radical (unpaired) electrons. The third-order valence-electron chi connectivity index (χ3n) is 6.85. The van der Waals surface area contributed by atoms with Crippen LogP contribution in [0.25, 0.3) is 11.4 Å². The van der Waals surface area contributed by atoms with Gasteiger partial charge in [0, 0.05) is 17.8 Å². The number of nitrogens with one attached hydrogen (secondary N) is 1. The summed E-state index contributed by atoms with van der Waals surface area (Å²) < 4.78 is 13.3. The van der Waals surface area contributed by atoms with E-state index in [1.54, 1.807) is 14.2 Å². The lowest BCUT2D eigenvalue weighted by Crippen LogP contribution is -2.26. The lowest BCUT2D eigenvalue weighted by Gasteiger charge is -2.25. The molecule has 1 aliphatic heterocycles. The molecule has 7 nitrogen and oxygen atoms in total. The van der Waals surface area contributed by atoms with Crippen LogP contribution < -0.4 is 20.4 Å². The molecule has 0 amide bonds. The van der Waals surface area contributed by atoms with Crippen LogP contribution in [-0.4, -0.2) is 28.8 Å². The predicted octanol–water partition coefficient (Wildman–Crippen LogP) is 6.04. The van der Waals surface area contributed by atoms with Crippen molar-refractivity contribution >= 4 is 17.3 Å². The Morgan fingerprint density at radius 1 is 0.811 bits per heavy atom. The van der Waals surface area contributed by atoms with Crippen molar-refractivity contribution < 1.29 is 9.47 Å². The van der Waals surface area contributed by atoms with Crippen molar-refractivity contribution in [2.45, 2.75) is 47.6 Å². The average Bonchev–Trinajstić information content (AvgIpc) is 2.86. The van der Waals surface area contributed by atoms with E-state index in [2.05, 4.69) is 74.8 Å². The van der Waals surface area contributed by atoms with Crippen molar-refractivity contribution in [3.63, 3.8) is 0 Å². The van der Waals surface area contributed by atoms with Crippen LogP contribution in [0.1, 0.15) is 33.4 Å². The highest BCUT2D eigenvalue weighted by Gasteiger charge is 2.23. The molecule has 1 aromatic heterocycles. The summed E-state index contributed by atoms with van der Waals surface area (Å²) in [6.07, 6.45) is 0.824. The summed E-state index contributed by atoms with van der Waals surface area (Å²) in [5, 5.41) is 3.57. The first-order valence-corrected chi connectivity index (χ1v) is 12.5. The molecule has 4 aromatic rings. The van der Waals surface area contributed by atoms with Gasteiger partial charge in [-0.15, -0.1) is 0 Å². The molecule has 190 valence electrons. The normalized spacial score (nSPS) is 12.7. The molecule has 0 atom stereocenters. The molecule has 0 bridgehead atoms. The molecular weight excluding hydrogens is 462 g/mol. The lowest BCUT2D eigenvalue weighted by atomic mass is 9.99. The zero-order valence-electron chi connectivity index (χ0n) is 22.6. The van der Waals surface area contributed by atoms with Gasteiger partial charge in [-0.25, -0.2) is 4.99 Å². The fraction of sp³-hybridized carbons (Fsp3) is 0.300. The van der Waals surface area contributed by atoms with Crippen molar-refractivity contribution in [2.75, 3.05) is 19.5 Å². The van der Waals surface area contributed by atoms with Crippen LogP contribution in [0.3, 0.4) is 0 Å². The summed E-state index contributed by atoms with van der Waals surface area (Å²) in [6.45, 7) is 11.2. The monoisotopic (exact) mass is 495 g/mol. The largest absolute Gasteiger partial charge is 0.493 e. The van der Waals surface area contributed by atoms with Crippen LogP contribution in [-0.2, 0) is 13.0 Å². The Bertz CT molecular complexity index is 1560. The van der Waals surface area contributed by atoms with Crippen molar-refractivity contribution in [2.24, 2.45) is 4.99 Å². The third kappa shape index (κ3) is 4.69. The molecule has 1 N–H and O–H groups in total. The van der Waals surface area contributed by atoms with Gasteiger partial charge in [-0.1, -0.05) is 35.4 Å². The topological polar surface area (TPSA) is 73.6 Å². The quantitative estimate of drug-likeness (QED) is 0.366. The number of fused-ring (bicyclic) bond motifs is 3. The number of aromatic nitrogens is 3. The second kappa shape index (κ2) is 9.73. The van der Waals surface area contributed by atoms with Crippen molar-refractivity contribution in [1.29, 1.82) is 0 Å². The number of anilines is 2. The molecule has 3 aromatic carbocycles. The Morgan fingerprint density at radius 2 is 1.49 bits per heavy atom. The number of aryl methyl sites for hydroxylation is 6. The molecule has 0 saturated heterocycles. The van der Waals surface area contributed by atoms with Crippen LogP contribution in [0.2, 0.25) is 0 Å². The molecule has 0 aliphatic carbocycles. The van der Waals surface area contributed by atoms with Crippen molar-refractivity contribution in [1.82, 2.24) is 14.5 Å². The highest BCUT2D eigenvalue weighted by atomic mass is 16.5. The third-order valence-corrected chi connectivity index (χ3v) is 6.85. The van der Waals surface area contributed by atoms with Gasteiger partial charge in [0.25, 0.3) is 5.62 Å². The molecule has 2 heterocycles. The number of benzene rings is 3. The molecule has 7 heteroatoms. The van der Waals surface area contributed by atoms with Crippen LogP contribution in [0.4, 0.5) is 17.3 Å². The summed E-state index contributed by atoms with van der Waals surface area (Å²) in [6, 6.07) is 14.7. The number of ether oxygens (including phenoxy) is 2. The minimum absolute atomic E-state index is 0.413. The van der Waals surface area contributed by atoms with E-state index in [0.29, 0.717) is 23.1 Å². The van der Waals surface area contributed by atoms with Crippen LogP contribution in [0, 0.1) is 34.6 Å². The Kier molecular flexibility index (Phi) is 6.46. The second-order valence-corrected chi connectivity index (χ2v) is 9.74. The molecule has 0 unspecified atom stereocenters. The standard InChI is InChI=1S/C30H33N5O2/c1-17-8-9-24(19(3)12-17)31-30-34-29(32-27-20(4)13-18(2)14-21(27)5)33-28-23-16-26(37-7)25(36-6)15-22(23)10-11-35(28)30/h8-9,12-16H,10-11H2,1-7H3,(H,31,32,34). The van der Waals surface area contributed by atoms with E-state index < -0.39 is 0 Å². The Balaban J connectivity index is 1.75. The first-order chi connectivity index (χ1) is 17.8. The molecule has 37 heavy (non-hydrogen) atoms. The van der Waals surface area contributed by atoms with Gasteiger partial charge in [0.1, 0.15) is 5.82 Å². The van der Waals surface area contributed by atoms with Gasteiger partial charge in [-0.05, 0) is 81.5 Å². The van der Waals surface area contributed by atoms with E-state index in [9.17, 15) is 0 Å². The van der Waals surface area contributed by atoms with Gasteiger partial charge in [0.2, 0.25) is 5.95 Å². The molecular formula is C30H33N5O2. The SMILES string of the molecule is COc1cc2c(cc1OC)-c1nc(=Nc3c(C)cc(C)cc3C)nc(Nc3ccc(C)cc3C)n1CC2. The molecule has 0 spiro atoms. The van der Waals surface area contributed by atoms with Crippen LogP contribution >= 0.6 is 0 Å². The fourth-order valence-electron chi connectivity index (χ4n) is 5.09. The van der Waals surface area contributed by atoms with E-state index in [-0.39, 0.29) is 0 Å². The second-order valence-electron chi connectivity index (χ2n) is 9.74. The highest BCUT2D eigenvalue weighted by molar-refractivity contribution is 5.70. The van der Waals surface area contributed by atoms with Crippen molar-refractivity contribution in [3.8, 4) is 22.9 Å². The van der Waals surface area contributed by atoms with E-state index in [1.165, 1.54) is 11.1 Å². The maximum Gasteiger partial charge on any atom is 0.255 e. The number of rotatable bonds is 5. The van der Waals surface area contributed by atoms with Gasteiger partial charge in [-0.2, -0.15) is 9.97 Å². The van der Waals surface area contributed by atoms with E-state index in [1.807, 2.05) is 12.1 Å².